The van der Waals surface area contributed by atoms with E-state index in [-0.39, 0.29) is 16.5 Å². The van der Waals surface area contributed by atoms with Gasteiger partial charge in [0, 0.05) is 12.1 Å². The Morgan fingerprint density at radius 1 is 1.24 bits per heavy atom. The quantitative estimate of drug-likeness (QED) is 0.897. The lowest BCUT2D eigenvalue weighted by molar-refractivity contribution is 0.355. The van der Waals surface area contributed by atoms with Gasteiger partial charge in [0.2, 0.25) is 10.0 Å². The smallest absolute Gasteiger partial charge is 0.232 e. The van der Waals surface area contributed by atoms with Crippen LogP contribution in [0.15, 0.2) is 12.1 Å². The summed E-state index contributed by atoms with van der Waals surface area (Å²) in [4.78, 5) is 0. The van der Waals surface area contributed by atoms with E-state index in [9.17, 15) is 8.42 Å². The maximum absolute atomic E-state index is 11.4. The molecule has 0 aliphatic rings. The summed E-state index contributed by atoms with van der Waals surface area (Å²) in [7, 11) is -0.432. The summed E-state index contributed by atoms with van der Waals surface area (Å²) in [6.07, 6.45) is 0. The lowest BCUT2D eigenvalue weighted by Crippen LogP contribution is -2.15. The first-order valence-corrected chi connectivity index (χ1v) is 6.88. The highest BCUT2D eigenvalue weighted by Crippen LogP contribution is 2.36. The molecule has 1 aromatic rings. The Bertz CT molecular complexity index is 501. The molecule has 17 heavy (non-hydrogen) atoms. The highest BCUT2D eigenvalue weighted by atomic mass is 35.5. The second-order valence-corrected chi connectivity index (χ2v) is 5.61. The molecule has 5 nitrogen and oxygen atoms in total. The summed E-state index contributed by atoms with van der Waals surface area (Å²) < 4.78 is 35.3. The molecule has 1 N–H and O–H groups in total. The van der Waals surface area contributed by atoms with E-state index in [2.05, 4.69) is 4.72 Å². The van der Waals surface area contributed by atoms with Crippen molar-refractivity contribution in [2.24, 2.45) is 0 Å². The van der Waals surface area contributed by atoms with Crippen LogP contribution in [0.25, 0.3) is 0 Å². The zero-order chi connectivity index (χ0) is 13.1. The number of hydrogen-bond acceptors (Lipinski definition) is 4. The van der Waals surface area contributed by atoms with Gasteiger partial charge in [-0.15, -0.1) is 0 Å². The lowest BCUT2D eigenvalue weighted by Gasteiger charge is -2.12. The van der Waals surface area contributed by atoms with Crippen LogP contribution in [0.5, 0.6) is 11.5 Å². The number of nitrogens with one attached hydrogen (secondary N) is 1. The van der Waals surface area contributed by atoms with E-state index in [1.807, 2.05) is 0 Å². The number of halogens is 1. The Morgan fingerprint density at radius 2 is 1.76 bits per heavy atom. The molecule has 0 aliphatic heterocycles. The van der Waals surface area contributed by atoms with Gasteiger partial charge in [0.1, 0.15) is 0 Å². The third-order valence-electron chi connectivity index (χ3n) is 2.12. The summed E-state index contributed by atoms with van der Waals surface area (Å²) in [5, 5.41) is 0.250. The van der Waals surface area contributed by atoms with E-state index < -0.39 is 10.0 Å². The minimum Gasteiger partial charge on any atom is -0.493 e. The Balaban J connectivity index is 3.18. The molecule has 96 valence electrons. The predicted octanol–water partition coefficient (Wildman–Crippen LogP) is 2.12. The molecule has 0 unspecified atom stereocenters. The van der Waals surface area contributed by atoms with Gasteiger partial charge in [-0.1, -0.05) is 11.6 Å². The van der Waals surface area contributed by atoms with Gasteiger partial charge in [0.25, 0.3) is 0 Å². The molecule has 0 radical (unpaired) electrons. The Kier molecular flexibility index (Phi) is 4.47. The summed E-state index contributed by atoms with van der Waals surface area (Å²) in [6, 6.07) is 2.97. The number of methoxy groups -OCH3 is 2. The van der Waals surface area contributed by atoms with E-state index in [1.54, 1.807) is 0 Å². The van der Waals surface area contributed by atoms with Crippen molar-refractivity contribution < 1.29 is 17.9 Å². The maximum atomic E-state index is 11.4. The third-order valence-corrected chi connectivity index (χ3v) is 3.72. The van der Waals surface area contributed by atoms with E-state index in [1.165, 1.54) is 33.3 Å². The van der Waals surface area contributed by atoms with Crippen LogP contribution in [0.3, 0.4) is 0 Å². The molecule has 0 saturated heterocycles. The van der Waals surface area contributed by atoms with Gasteiger partial charge >= 0.3 is 0 Å². The molecular weight excluding hydrogens is 266 g/mol. The fraction of sp³-hybridized carbons (Fsp3) is 0.400. The van der Waals surface area contributed by atoms with E-state index >= 15 is 0 Å². The topological polar surface area (TPSA) is 64.6 Å². The van der Waals surface area contributed by atoms with Crippen LogP contribution in [-0.4, -0.2) is 28.4 Å². The van der Waals surface area contributed by atoms with Crippen LogP contribution in [0.4, 0.5) is 5.69 Å². The van der Waals surface area contributed by atoms with E-state index in [0.29, 0.717) is 11.5 Å². The van der Waals surface area contributed by atoms with Crippen molar-refractivity contribution in [1.82, 2.24) is 0 Å². The molecule has 0 aromatic heterocycles. The van der Waals surface area contributed by atoms with Crippen LogP contribution < -0.4 is 14.2 Å². The van der Waals surface area contributed by atoms with Crippen LogP contribution in [0.2, 0.25) is 5.02 Å². The molecule has 0 aliphatic carbocycles. The Labute approximate surface area is 106 Å². The molecule has 0 spiro atoms. The molecule has 0 amide bonds. The van der Waals surface area contributed by atoms with Crippen molar-refractivity contribution in [3.05, 3.63) is 17.2 Å². The number of anilines is 1. The van der Waals surface area contributed by atoms with Crippen LogP contribution in [-0.2, 0) is 10.0 Å². The highest BCUT2D eigenvalue weighted by molar-refractivity contribution is 7.92. The molecule has 0 heterocycles. The van der Waals surface area contributed by atoms with Crippen LogP contribution in [0, 0.1) is 0 Å². The first-order valence-electron chi connectivity index (χ1n) is 4.85. The zero-order valence-corrected chi connectivity index (χ0v) is 11.4. The van der Waals surface area contributed by atoms with Gasteiger partial charge in [0.05, 0.1) is 30.7 Å². The van der Waals surface area contributed by atoms with Gasteiger partial charge in [-0.25, -0.2) is 8.42 Å². The van der Waals surface area contributed by atoms with Crippen molar-refractivity contribution in [3.63, 3.8) is 0 Å². The van der Waals surface area contributed by atoms with Gasteiger partial charge in [-0.2, -0.15) is 0 Å². The fourth-order valence-electron chi connectivity index (χ4n) is 1.17. The van der Waals surface area contributed by atoms with Crippen molar-refractivity contribution in [2.45, 2.75) is 6.92 Å². The highest BCUT2D eigenvalue weighted by Gasteiger charge is 2.14. The average Bonchev–Trinajstić information content (AvgIpc) is 2.31. The molecule has 0 saturated carbocycles. The van der Waals surface area contributed by atoms with E-state index in [4.69, 9.17) is 21.1 Å². The molecule has 1 aromatic carbocycles. The summed E-state index contributed by atoms with van der Waals surface area (Å²) in [6.45, 7) is 1.54. The number of ether oxygens (including phenoxy) is 2. The first kappa shape index (κ1) is 13.9. The molecular formula is C10H14ClNO4S. The second-order valence-electron chi connectivity index (χ2n) is 3.19. The van der Waals surface area contributed by atoms with Crippen LogP contribution in [0.1, 0.15) is 6.92 Å². The largest absolute Gasteiger partial charge is 0.493 e. The van der Waals surface area contributed by atoms with Crippen molar-refractivity contribution in [1.29, 1.82) is 0 Å². The first-order chi connectivity index (χ1) is 7.93. The van der Waals surface area contributed by atoms with Crippen molar-refractivity contribution in [2.75, 3.05) is 24.7 Å². The van der Waals surface area contributed by atoms with Crippen molar-refractivity contribution in [3.8, 4) is 11.5 Å². The van der Waals surface area contributed by atoms with Gasteiger partial charge in [-0.05, 0) is 6.92 Å². The fourth-order valence-corrected chi connectivity index (χ4v) is 2.08. The summed E-state index contributed by atoms with van der Waals surface area (Å²) in [5.74, 6) is 0.820. The van der Waals surface area contributed by atoms with E-state index in [0.717, 1.165) is 0 Å². The molecule has 7 heteroatoms. The monoisotopic (exact) mass is 279 g/mol. The molecule has 0 atom stereocenters. The standard InChI is InChI=1S/C10H14ClNO4S/c1-4-17(13,14)12-8-6-10(16-3)9(15-2)5-7(8)11/h5-6,12H,4H2,1-3H3. The molecule has 0 bridgehead atoms. The predicted molar refractivity (Wildman–Crippen MR) is 67.6 cm³/mol. The minimum atomic E-state index is -3.37. The third kappa shape index (κ3) is 3.41. The SMILES string of the molecule is CCS(=O)(=O)Nc1cc(OC)c(OC)cc1Cl. The number of benzene rings is 1. The average molecular weight is 280 g/mol. The number of sulfonamides is 1. The number of rotatable bonds is 5. The van der Waals surface area contributed by atoms with Crippen molar-refractivity contribution >= 4 is 27.3 Å². The van der Waals surface area contributed by atoms with Gasteiger partial charge in [-0.3, -0.25) is 4.72 Å². The van der Waals surface area contributed by atoms with Gasteiger partial charge < -0.3 is 9.47 Å². The van der Waals surface area contributed by atoms with Crippen LogP contribution >= 0.6 is 11.6 Å². The lowest BCUT2D eigenvalue weighted by atomic mass is 10.3. The molecule has 0 fully saturated rings. The van der Waals surface area contributed by atoms with Gasteiger partial charge in [0.15, 0.2) is 11.5 Å². The summed E-state index contributed by atoms with van der Waals surface area (Å²) in [5.41, 5.74) is 0.270. The molecule has 1 rings (SSSR count). The number of hydrogen-bond donors (Lipinski definition) is 1. The minimum absolute atomic E-state index is 0.0301. The zero-order valence-electron chi connectivity index (χ0n) is 9.78. The Hall–Kier alpha value is -1.14. The summed E-state index contributed by atoms with van der Waals surface area (Å²) >= 11 is 5.94. The second kappa shape index (κ2) is 5.46. The normalized spacial score (nSPS) is 11.1. The maximum Gasteiger partial charge on any atom is 0.232 e. The Morgan fingerprint density at radius 3 is 2.24 bits per heavy atom.